The lowest BCUT2D eigenvalue weighted by molar-refractivity contribution is -0.0816. The van der Waals surface area contributed by atoms with E-state index in [0.717, 1.165) is 32.0 Å². The molecule has 1 aromatic rings. The Morgan fingerprint density at radius 1 is 1.23 bits per heavy atom. The van der Waals surface area contributed by atoms with Gasteiger partial charge in [-0.1, -0.05) is 6.07 Å². The van der Waals surface area contributed by atoms with Gasteiger partial charge in [0.05, 0.1) is 12.7 Å². The van der Waals surface area contributed by atoms with E-state index in [9.17, 15) is 8.78 Å². The number of rotatable bonds is 4. The maximum absolute atomic E-state index is 13.7. The van der Waals surface area contributed by atoms with Crippen LogP contribution in [0.3, 0.4) is 0 Å². The van der Waals surface area contributed by atoms with E-state index >= 15 is 0 Å². The normalized spacial score (nSPS) is 23.7. The van der Waals surface area contributed by atoms with Crippen molar-refractivity contribution in [3.05, 3.63) is 35.4 Å². The summed E-state index contributed by atoms with van der Waals surface area (Å²) in [6.45, 7) is 3.26. The summed E-state index contributed by atoms with van der Waals surface area (Å²) in [6, 6.07) is 3.93. The van der Waals surface area contributed by atoms with Crippen LogP contribution in [0, 0.1) is 11.6 Å². The van der Waals surface area contributed by atoms with Crippen molar-refractivity contribution in [2.75, 3.05) is 39.9 Å². The molecule has 2 fully saturated rings. The summed E-state index contributed by atoms with van der Waals surface area (Å²) < 4.78 is 39.0. The van der Waals surface area contributed by atoms with Gasteiger partial charge in [0.25, 0.3) is 0 Å². The Morgan fingerprint density at radius 2 is 1.96 bits per heavy atom. The Hall–Kier alpha value is -1.00. The average Bonchev–Trinajstić information content (AvgIpc) is 3.16. The first kappa shape index (κ1) is 21.3. The molecule has 2 aliphatic rings. The molecule has 146 valence electrons. The van der Waals surface area contributed by atoms with Gasteiger partial charge in [-0.05, 0) is 31.4 Å². The van der Waals surface area contributed by atoms with Crippen LogP contribution in [0.25, 0.3) is 0 Å². The maximum Gasteiger partial charge on any atom is 0.193 e. The molecule has 0 aromatic heterocycles. The number of nitrogens with one attached hydrogen (secondary N) is 1. The fourth-order valence-electron chi connectivity index (χ4n) is 3.39. The molecular weight excluding hydrogens is 455 g/mol. The van der Waals surface area contributed by atoms with Crippen molar-refractivity contribution in [3.63, 3.8) is 0 Å². The molecule has 0 aliphatic carbocycles. The Balaban J connectivity index is 0.00000243. The molecule has 3 rings (SSSR count). The van der Waals surface area contributed by atoms with Gasteiger partial charge in [0.2, 0.25) is 0 Å². The molecule has 8 heteroatoms. The number of ether oxygens (including phenoxy) is 2. The summed E-state index contributed by atoms with van der Waals surface area (Å²) in [4.78, 5) is 6.42. The number of guanidine groups is 1. The number of halogens is 3. The molecule has 2 unspecified atom stereocenters. The molecule has 0 saturated carbocycles. The molecule has 2 atom stereocenters. The van der Waals surface area contributed by atoms with Gasteiger partial charge in [-0.25, -0.2) is 8.78 Å². The van der Waals surface area contributed by atoms with Crippen LogP contribution in [-0.4, -0.2) is 63.0 Å². The number of hydrogen-bond acceptors (Lipinski definition) is 3. The number of aliphatic imine (C=N–C) groups is 1. The molecule has 2 aliphatic heterocycles. The summed E-state index contributed by atoms with van der Waals surface area (Å²) in [7, 11) is 1.71. The lowest BCUT2D eigenvalue weighted by Gasteiger charge is -2.37. The van der Waals surface area contributed by atoms with Gasteiger partial charge in [0, 0.05) is 38.9 Å². The largest absolute Gasteiger partial charge is 0.375 e. The van der Waals surface area contributed by atoms with Crippen LogP contribution in [0.4, 0.5) is 8.78 Å². The topological polar surface area (TPSA) is 46.1 Å². The summed E-state index contributed by atoms with van der Waals surface area (Å²) in [5.41, 5.74) is 0.102. The highest BCUT2D eigenvalue weighted by Gasteiger charge is 2.32. The molecule has 5 nitrogen and oxygen atoms in total. The summed E-state index contributed by atoms with van der Waals surface area (Å²) in [6.07, 6.45) is 2.55. The molecule has 26 heavy (non-hydrogen) atoms. The van der Waals surface area contributed by atoms with E-state index in [-0.39, 0.29) is 48.2 Å². The predicted molar refractivity (Wildman–Crippen MR) is 107 cm³/mol. The van der Waals surface area contributed by atoms with Gasteiger partial charge in [-0.2, -0.15) is 0 Å². The van der Waals surface area contributed by atoms with Crippen LogP contribution >= 0.6 is 24.0 Å². The molecule has 0 amide bonds. The van der Waals surface area contributed by atoms with E-state index in [1.54, 1.807) is 7.05 Å². The third kappa shape index (κ3) is 5.26. The molecule has 2 saturated heterocycles. The highest BCUT2D eigenvalue weighted by atomic mass is 127. The third-order valence-electron chi connectivity index (χ3n) is 4.70. The molecule has 1 aromatic carbocycles. The van der Waals surface area contributed by atoms with Crippen molar-refractivity contribution >= 4 is 29.9 Å². The van der Waals surface area contributed by atoms with Gasteiger partial charge in [-0.3, -0.25) is 4.99 Å². The van der Waals surface area contributed by atoms with Crippen LogP contribution in [0.5, 0.6) is 0 Å². The zero-order valence-electron chi connectivity index (χ0n) is 14.9. The SMILES string of the molecule is CN=C(NCCc1c(F)cccc1F)N1CCOC(C2CCCO2)C1.I. The first-order valence-corrected chi connectivity index (χ1v) is 8.80. The average molecular weight is 481 g/mol. The van der Waals surface area contributed by atoms with Gasteiger partial charge in [0.15, 0.2) is 5.96 Å². The minimum absolute atomic E-state index is 0. The van der Waals surface area contributed by atoms with Gasteiger partial charge < -0.3 is 19.7 Å². The van der Waals surface area contributed by atoms with Gasteiger partial charge in [-0.15, -0.1) is 24.0 Å². The summed E-state index contributed by atoms with van der Waals surface area (Å²) in [5.74, 6) is -0.300. The summed E-state index contributed by atoms with van der Waals surface area (Å²) >= 11 is 0. The van der Waals surface area contributed by atoms with E-state index in [2.05, 4.69) is 15.2 Å². The predicted octanol–water partition coefficient (Wildman–Crippen LogP) is 2.58. The standard InChI is InChI=1S/C18H25F2N3O2.HI/c1-21-18(22-8-7-13-14(19)4-2-5-15(13)20)23-9-11-25-17(12-23)16-6-3-10-24-16;/h2,4-5,16-17H,3,6-12H2,1H3,(H,21,22);1H. The number of hydrogen-bond donors (Lipinski definition) is 1. The van der Waals surface area contributed by atoms with E-state index in [1.165, 1.54) is 18.2 Å². The van der Waals surface area contributed by atoms with Crippen molar-refractivity contribution in [1.82, 2.24) is 10.2 Å². The zero-order valence-corrected chi connectivity index (χ0v) is 17.2. The smallest absolute Gasteiger partial charge is 0.193 e. The van der Waals surface area contributed by atoms with E-state index < -0.39 is 11.6 Å². The van der Waals surface area contributed by atoms with Crippen LogP contribution in [0.1, 0.15) is 18.4 Å². The Kier molecular flexibility index (Phi) is 8.49. The van der Waals surface area contributed by atoms with Crippen molar-refractivity contribution in [3.8, 4) is 0 Å². The second-order valence-corrected chi connectivity index (χ2v) is 6.33. The lowest BCUT2D eigenvalue weighted by atomic mass is 10.1. The molecule has 0 spiro atoms. The van der Waals surface area contributed by atoms with E-state index in [4.69, 9.17) is 9.47 Å². The van der Waals surface area contributed by atoms with E-state index in [1.807, 2.05) is 0 Å². The van der Waals surface area contributed by atoms with Crippen LogP contribution in [0.2, 0.25) is 0 Å². The molecule has 0 bridgehead atoms. The Labute approximate surface area is 170 Å². The molecule has 1 N–H and O–H groups in total. The van der Waals surface area contributed by atoms with Crippen molar-refractivity contribution < 1.29 is 18.3 Å². The van der Waals surface area contributed by atoms with Crippen molar-refractivity contribution in [1.29, 1.82) is 0 Å². The quantitative estimate of drug-likeness (QED) is 0.408. The first-order valence-electron chi connectivity index (χ1n) is 8.80. The van der Waals surface area contributed by atoms with Gasteiger partial charge in [0.1, 0.15) is 17.7 Å². The number of benzene rings is 1. The second kappa shape index (κ2) is 10.4. The van der Waals surface area contributed by atoms with E-state index in [0.29, 0.717) is 19.7 Å². The fraction of sp³-hybridized carbons (Fsp3) is 0.611. The zero-order chi connectivity index (χ0) is 17.6. The molecule has 0 radical (unpaired) electrons. The monoisotopic (exact) mass is 481 g/mol. The molecular formula is C18H26F2IN3O2. The van der Waals surface area contributed by atoms with Crippen LogP contribution < -0.4 is 5.32 Å². The summed E-state index contributed by atoms with van der Waals surface area (Å²) in [5, 5.41) is 3.20. The van der Waals surface area contributed by atoms with Crippen LogP contribution in [-0.2, 0) is 15.9 Å². The third-order valence-corrected chi connectivity index (χ3v) is 4.70. The second-order valence-electron chi connectivity index (χ2n) is 6.33. The van der Waals surface area contributed by atoms with Crippen LogP contribution in [0.15, 0.2) is 23.2 Å². The highest BCUT2D eigenvalue weighted by Crippen LogP contribution is 2.21. The Morgan fingerprint density at radius 3 is 2.62 bits per heavy atom. The first-order chi connectivity index (χ1) is 12.2. The minimum Gasteiger partial charge on any atom is -0.375 e. The molecule has 2 heterocycles. The fourth-order valence-corrected chi connectivity index (χ4v) is 3.39. The number of morpholine rings is 1. The Bertz CT molecular complexity index is 592. The van der Waals surface area contributed by atoms with Crippen molar-refractivity contribution in [2.24, 2.45) is 4.99 Å². The minimum atomic E-state index is -0.512. The van der Waals surface area contributed by atoms with Gasteiger partial charge >= 0.3 is 0 Å². The van der Waals surface area contributed by atoms with Crippen molar-refractivity contribution in [2.45, 2.75) is 31.5 Å². The highest BCUT2D eigenvalue weighted by molar-refractivity contribution is 14.0. The number of nitrogens with zero attached hydrogens (tertiary/aromatic N) is 2. The maximum atomic E-state index is 13.7. The lowest BCUT2D eigenvalue weighted by Crippen LogP contribution is -2.53.